The van der Waals surface area contributed by atoms with E-state index in [2.05, 4.69) is 4.74 Å². The lowest BCUT2D eigenvalue weighted by atomic mass is 10.4. The van der Waals surface area contributed by atoms with Crippen molar-refractivity contribution in [2.75, 3.05) is 13.7 Å². The average Bonchev–Trinajstić information content (AvgIpc) is 2.88. The van der Waals surface area contributed by atoms with Crippen LogP contribution in [0.15, 0.2) is 0 Å². The fraction of sp³-hybridized carbons (Fsp3) is 0.750. The van der Waals surface area contributed by atoms with E-state index in [1.54, 1.807) is 4.90 Å². The second kappa shape index (κ2) is 3.56. The second-order valence-electron chi connectivity index (χ2n) is 2.81. The number of rotatable bonds is 2. The fourth-order valence-corrected chi connectivity index (χ4v) is 1.16. The number of carbonyl (C=O) groups excluding carboxylic acids is 2. The Bertz CT molecular complexity index is 198. The lowest BCUT2D eigenvalue weighted by Crippen LogP contribution is -2.38. The number of hydrogen-bond donors (Lipinski definition) is 0. The van der Waals surface area contributed by atoms with Crippen LogP contribution in [0.1, 0.15) is 19.8 Å². The van der Waals surface area contributed by atoms with Gasteiger partial charge in [-0.25, -0.2) is 4.79 Å². The van der Waals surface area contributed by atoms with Crippen molar-refractivity contribution in [1.82, 2.24) is 4.90 Å². The number of nitrogens with zero attached hydrogens (tertiary/aromatic N) is 1. The standard InChI is InChI=1S/C8H13NO3/c1-3-9(6-4-5-6)7(10)8(11)12-2/h6H,3-5H2,1-2H3. The monoisotopic (exact) mass is 171 g/mol. The molecule has 0 unspecified atom stereocenters. The molecule has 0 saturated heterocycles. The Kier molecular flexibility index (Phi) is 2.68. The summed E-state index contributed by atoms with van der Waals surface area (Å²) < 4.78 is 4.34. The maximum absolute atomic E-state index is 11.2. The molecule has 0 spiro atoms. The van der Waals surface area contributed by atoms with Crippen LogP contribution >= 0.6 is 0 Å². The minimum Gasteiger partial charge on any atom is -0.462 e. The van der Waals surface area contributed by atoms with Gasteiger partial charge in [0.05, 0.1) is 7.11 Å². The number of carbonyl (C=O) groups is 2. The molecule has 4 heteroatoms. The maximum atomic E-state index is 11.2. The van der Waals surface area contributed by atoms with Gasteiger partial charge >= 0.3 is 11.9 Å². The quantitative estimate of drug-likeness (QED) is 0.439. The van der Waals surface area contributed by atoms with Crippen molar-refractivity contribution < 1.29 is 14.3 Å². The van der Waals surface area contributed by atoms with E-state index in [9.17, 15) is 9.59 Å². The molecule has 68 valence electrons. The van der Waals surface area contributed by atoms with Crippen LogP contribution in [0.4, 0.5) is 0 Å². The number of ether oxygens (including phenoxy) is 1. The van der Waals surface area contributed by atoms with Crippen molar-refractivity contribution in [2.45, 2.75) is 25.8 Å². The van der Waals surface area contributed by atoms with E-state index >= 15 is 0 Å². The van der Waals surface area contributed by atoms with Crippen LogP contribution in [0.25, 0.3) is 0 Å². The van der Waals surface area contributed by atoms with Crippen molar-refractivity contribution in [3.8, 4) is 0 Å². The van der Waals surface area contributed by atoms with Gasteiger partial charge in [0.2, 0.25) is 0 Å². The number of esters is 1. The summed E-state index contributed by atoms with van der Waals surface area (Å²) in [6.07, 6.45) is 2.02. The molecule has 0 aromatic rings. The Morgan fingerprint density at radius 1 is 1.50 bits per heavy atom. The lowest BCUT2D eigenvalue weighted by Gasteiger charge is -2.17. The molecule has 1 aliphatic carbocycles. The summed E-state index contributed by atoms with van der Waals surface area (Å²) in [7, 11) is 1.22. The average molecular weight is 171 g/mol. The predicted octanol–water partition coefficient (Wildman–Crippen LogP) is 0.170. The van der Waals surface area contributed by atoms with Crippen LogP contribution in [0.3, 0.4) is 0 Å². The Hall–Kier alpha value is -1.06. The molecular formula is C8H13NO3. The largest absolute Gasteiger partial charge is 0.462 e. The summed E-state index contributed by atoms with van der Waals surface area (Å²) in [4.78, 5) is 23.6. The van der Waals surface area contributed by atoms with Crippen LogP contribution in [-0.2, 0) is 14.3 Å². The molecule has 0 aliphatic heterocycles. The molecule has 0 heterocycles. The van der Waals surface area contributed by atoms with Gasteiger partial charge in [-0.2, -0.15) is 0 Å². The molecule has 1 aliphatic rings. The maximum Gasteiger partial charge on any atom is 0.396 e. The predicted molar refractivity (Wildman–Crippen MR) is 42.4 cm³/mol. The Morgan fingerprint density at radius 2 is 2.08 bits per heavy atom. The molecular weight excluding hydrogens is 158 g/mol. The Balaban J connectivity index is 2.52. The Morgan fingerprint density at radius 3 is 2.42 bits per heavy atom. The zero-order chi connectivity index (χ0) is 9.14. The minimum absolute atomic E-state index is 0.279. The van der Waals surface area contributed by atoms with E-state index in [1.807, 2.05) is 6.92 Å². The second-order valence-corrected chi connectivity index (χ2v) is 2.81. The number of methoxy groups -OCH3 is 1. The van der Waals surface area contributed by atoms with Crippen molar-refractivity contribution >= 4 is 11.9 Å². The highest BCUT2D eigenvalue weighted by atomic mass is 16.5. The highest BCUT2D eigenvalue weighted by Gasteiger charge is 2.34. The van der Waals surface area contributed by atoms with Crippen molar-refractivity contribution in [3.05, 3.63) is 0 Å². The normalized spacial score (nSPS) is 15.5. The number of likely N-dealkylation sites (N-methyl/N-ethyl adjacent to an activating group) is 1. The first-order valence-corrected chi connectivity index (χ1v) is 4.09. The molecule has 4 nitrogen and oxygen atoms in total. The van der Waals surface area contributed by atoms with E-state index in [1.165, 1.54) is 7.11 Å². The first kappa shape index (κ1) is 9.03. The summed E-state index contributed by atoms with van der Waals surface area (Å²) in [6, 6.07) is 0.279. The third-order valence-electron chi connectivity index (χ3n) is 1.95. The van der Waals surface area contributed by atoms with Gasteiger partial charge in [0.1, 0.15) is 0 Å². The molecule has 0 aromatic carbocycles. The van der Waals surface area contributed by atoms with Crippen LogP contribution in [-0.4, -0.2) is 36.5 Å². The molecule has 1 amide bonds. The van der Waals surface area contributed by atoms with Crippen molar-refractivity contribution in [1.29, 1.82) is 0 Å². The SMILES string of the molecule is CCN(C(=O)C(=O)OC)C1CC1. The van der Waals surface area contributed by atoms with Crippen LogP contribution in [0.2, 0.25) is 0 Å². The van der Waals surface area contributed by atoms with Crippen molar-refractivity contribution in [3.63, 3.8) is 0 Å². The van der Waals surface area contributed by atoms with E-state index < -0.39 is 11.9 Å². The summed E-state index contributed by atoms with van der Waals surface area (Å²) in [5.41, 5.74) is 0. The minimum atomic E-state index is -0.760. The summed E-state index contributed by atoms with van der Waals surface area (Å²) >= 11 is 0. The van der Waals surface area contributed by atoms with Gasteiger partial charge in [-0.3, -0.25) is 4.79 Å². The topological polar surface area (TPSA) is 46.6 Å². The fourth-order valence-electron chi connectivity index (χ4n) is 1.16. The van der Waals surface area contributed by atoms with Gasteiger partial charge in [0.15, 0.2) is 0 Å². The third kappa shape index (κ3) is 1.75. The summed E-state index contributed by atoms with van der Waals surface area (Å²) in [5, 5.41) is 0. The van der Waals surface area contributed by atoms with Crippen LogP contribution in [0.5, 0.6) is 0 Å². The third-order valence-corrected chi connectivity index (χ3v) is 1.95. The van der Waals surface area contributed by atoms with E-state index in [0.717, 1.165) is 12.8 Å². The molecule has 1 rings (SSSR count). The summed E-state index contributed by atoms with van der Waals surface area (Å²) in [5.74, 6) is -1.27. The van der Waals surface area contributed by atoms with Crippen LogP contribution in [0, 0.1) is 0 Å². The van der Waals surface area contributed by atoms with E-state index in [-0.39, 0.29) is 6.04 Å². The molecule has 0 bridgehead atoms. The van der Waals surface area contributed by atoms with Gasteiger partial charge in [0.25, 0.3) is 0 Å². The highest BCUT2D eigenvalue weighted by molar-refractivity contribution is 6.32. The highest BCUT2D eigenvalue weighted by Crippen LogP contribution is 2.26. The van der Waals surface area contributed by atoms with Gasteiger partial charge in [-0.05, 0) is 19.8 Å². The van der Waals surface area contributed by atoms with E-state index in [4.69, 9.17) is 0 Å². The van der Waals surface area contributed by atoms with Gasteiger partial charge in [-0.1, -0.05) is 0 Å². The zero-order valence-corrected chi connectivity index (χ0v) is 7.37. The van der Waals surface area contributed by atoms with Gasteiger partial charge in [0, 0.05) is 12.6 Å². The van der Waals surface area contributed by atoms with E-state index in [0.29, 0.717) is 6.54 Å². The molecule has 0 N–H and O–H groups in total. The molecule has 0 atom stereocenters. The summed E-state index contributed by atoms with van der Waals surface area (Å²) in [6.45, 7) is 2.44. The van der Waals surface area contributed by atoms with Gasteiger partial charge < -0.3 is 9.64 Å². The zero-order valence-electron chi connectivity index (χ0n) is 7.37. The first-order chi connectivity index (χ1) is 5.70. The molecule has 12 heavy (non-hydrogen) atoms. The van der Waals surface area contributed by atoms with Crippen LogP contribution < -0.4 is 0 Å². The molecule has 1 fully saturated rings. The van der Waals surface area contributed by atoms with Crippen molar-refractivity contribution in [2.24, 2.45) is 0 Å². The Labute approximate surface area is 71.5 Å². The molecule has 0 aromatic heterocycles. The first-order valence-electron chi connectivity index (χ1n) is 4.09. The molecule has 1 saturated carbocycles. The van der Waals surface area contributed by atoms with Gasteiger partial charge in [-0.15, -0.1) is 0 Å². The smallest absolute Gasteiger partial charge is 0.396 e. The lowest BCUT2D eigenvalue weighted by molar-refractivity contribution is -0.158. The number of hydrogen-bond acceptors (Lipinski definition) is 3. The molecule has 0 radical (unpaired) electrons. The number of amides is 1.